The highest BCUT2D eigenvalue weighted by molar-refractivity contribution is 8.26. The second-order valence-electron chi connectivity index (χ2n) is 8.25. The lowest BCUT2D eigenvalue weighted by atomic mass is 10.2. The van der Waals surface area contributed by atoms with E-state index in [1.54, 1.807) is 18.3 Å². The molecule has 1 amide bonds. The summed E-state index contributed by atoms with van der Waals surface area (Å²) in [5.41, 5.74) is 1.45. The van der Waals surface area contributed by atoms with Crippen LogP contribution in [0.1, 0.15) is 17.5 Å². The number of nitrogens with zero attached hydrogens (tertiary/aromatic N) is 4. The standard InChI is InChI=1S/C21H22N4O5S3/c1-13-3-2-5-24-17(13)22-18(23-6-8-30-9-7-23)15(19(24)26)11-16-20(27)25(21(31)32-16)14-4-10-33(28,29)12-14/h2-3,5,11,14H,4,6-10,12H2,1H3/b16-11+. The van der Waals surface area contributed by atoms with E-state index in [0.717, 1.165) is 17.3 Å². The lowest BCUT2D eigenvalue weighted by Crippen LogP contribution is -2.39. The number of sulfone groups is 1. The first-order chi connectivity index (χ1) is 15.7. The molecule has 3 saturated heterocycles. The van der Waals surface area contributed by atoms with E-state index in [9.17, 15) is 18.0 Å². The van der Waals surface area contributed by atoms with Gasteiger partial charge in [-0.3, -0.25) is 18.9 Å². The first-order valence-corrected chi connectivity index (χ1v) is 13.6. The van der Waals surface area contributed by atoms with Gasteiger partial charge in [0, 0.05) is 19.3 Å². The van der Waals surface area contributed by atoms with Crippen LogP contribution < -0.4 is 10.5 Å². The van der Waals surface area contributed by atoms with Crippen LogP contribution >= 0.6 is 24.0 Å². The predicted octanol–water partition coefficient (Wildman–Crippen LogP) is 1.23. The summed E-state index contributed by atoms with van der Waals surface area (Å²) < 4.78 is 31.1. The zero-order valence-corrected chi connectivity index (χ0v) is 20.3. The first-order valence-electron chi connectivity index (χ1n) is 10.6. The number of thioether (sulfide) groups is 1. The largest absolute Gasteiger partial charge is 0.378 e. The molecular formula is C21H22N4O5S3. The Labute approximate surface area is 200 Å². The molecule has 1 atom stereocenters. The summed E-state index contributed by atoms with van der Waals surface area (Å²) >= 11 is 6.51. The molecule has 5 rings (SSSR count). The Bertz CT molecular complexity index is 1360. The van der Waals surface area contributed by atoms with Crippen molar-refractivity contribution in [3.8, 4) is 0 Å². The predicted molar refractivity (Wildman–Crippen MR) is 131 cm³/mol. The molecule has 0 bridgehead atoms. The van der Waals surface area contributed by atoms with Crippen LogP contribution in [-0.4, -0.2) is 76.8 Å². The summed E-state index contributed by atoms with van der Waals surface area (Å²) in [6.45, 7) is 4.09. The van der Waals surface area contributed by atoms with Crippen molar-refractivity contribution in [3.05, 3.63) is 44.7 Å². The highest BCUT2D eigenvalue weighted by atomic mass is 32.2. The van der Waals surface area contributed by atoms with Gasteiger partial charge in [0.1, 0.15) is 15.8 Å². The van der Waals surface area contributed by atoms with E-state index in [1.807, 2.05) is 17.9 Å². The summed E-state index contributed by atoms with van der Waals surface area (Å²) in [6, 6.07) is 3.21. The summed E-state index contributed by atoms with van der Waals surface area (Å²) in [5, 5.41) is 0. The van der Waals surface area contributed by atoms with Gasteiger partial charge in [-0.1, -0.05) is 30.0 Å². The van der Waals surface area contributed by atoms with Gasteiger partial charge in [-0.2, -0.15) is 0 Å². The highest BCUT2D eigenvalue weighted by Crippen LogP contribution is 2.37. The summed E-state index contributed by atoms with van der Waals surface area (Å²) in [7, 11) is -3.18. The van der Waals surface area contributed by atoms with Gasteiger partial charge in [-0.15, -0.1) is 0 Å². The number of anilines is 1. The minimum Gasteiger partial charge on any atom is -0.378 e. The summed E-state index contributed by atoms with van der Waals surface area (Å²) in [4.78, 5) is 35.2. The lowest BCUT2D eigenvalue weighted by molar-refractivity contribution is -0.123. The van der Waals surface area contributed by atoms with Gasteiger partial charge >= 0.3 is 0 Å². The quantitative estimate of drug-likeness (QED) is 0.449. The van der Waals surface area contributed by atoms with Crippen LogP contribution in [0.15, 0.2) is 28.0 Å². The van der Waals surface area contributed by atoms with Crippen molar-refractivity contribution in [3.63, 3.8) is 0 Å². The minimum absolute atomic E-state index is 0.0459. The van der Waals surface area contributed by atoms with Crippen LogP contribution in [0.2, 0.25) is 0 Å². The Kier molecular flexibility index (Phi) is 5.79. The molecule has 1 unspecified atom stereocenters. The monoisotopic (exact) mass is 506 g/mol. The maximum atomic E-state index is 13.5. The molecular weight excluding hydrogens is 484 g/mol. The second-order valence-corrected chi connectivity index (χ2v) is 12.2. The zero-order valence-electron chi connectivity index (χ0n) is 17.9. The molecule has 0 aromatic carbocycles. The Balaban J connectivity index is 1.60. The van der Waals surface area contributed by atoms with Crippen LogP contribution in [0.5, 0.6) is 0 Å². The summed E-state index contributed by atoms with van der Waals surface area (Å²) in [5.74, 6) is 0.0928. The van der Waals surface area contributed by atoms with Crippen molar-refractivity contribution in [2.24, 2.45) is 0 Å². The molecule has 0 aliphatic carbocycles. The van der Waals surface area contributed by atoms with E-state index in [-0.39, 0.29) is 23.0 Å². The molecule has 0 spiro atoms. The van der Waals surface area contributed by atoms with Gasteiger partial charge in [0.25, 0.3) is 11.5 Å². The highest BCUT2D eigenvalue weighted by Gasteiger charge is 2.42. The number of carbonyl (C=O) groups is 1. The zero-order chi connectivity index (χ0) is 23.3. The van der Waals surface area contributed by atoms with Gasteiger partial charge in [0.05, 0.1) is 41.2 Å². The average Bonchev–Trinajstić information content (AvgIpc) is 3.28. The lowest BCUT2D eigenvalue weighted by Gasteiger charge is -2.29. The molecule has 2 aromatic heterocycles. The van der Waals surface area contributed by atoms with Crippen molar-refractivity contribution < 1.29 is 17.9 Å². The van der Waals surface area contributed by atoms with Crippen molar-refractivity contribution in [2.45, 2.75) is 19.4 Å². The van der Waals surface area contributed by atoms with E-state index < -0.39 is 15.9 Å². The van der Waals surface area contributed by atoms with Gasteiger partial charge in [0.2, 0.25) is 0 Å². The molecule has 174 valence electrons. The van der Waals surface area contributed by atoms with Crippen LogP contribution in [0.4, 0.5) is 5.82 Å². The molecule has 33 heavy (non-hydrogen) atoms. The number of carbonyl (C=O) groups excluding carboxylic acids is 1. The first kappa shape index (κ1) is 22.5. The van der Waals surface area contributed by atoms with E-state index in [4.69, 9.17) is 21.9 Å². The number of thiocarbonyl (C=S) groups is 1. The fourth-order valence-corrected chi connectivity index (χ4v) is 7.43. The Hall–Kier alpha value is -2.28. The fraction of sp³-hybridized carbons (Fsp3) is 0.429. The maximum Gasteiger partial charge on any atom is 0.267 e. The molecule has 9 nitrogen and oxygen atoms in total. The molecule has 2 aromatic rings. The van der Waals surface area contributed by atoms with Gasteiger partial charge < -0.3 is 9.64 Å². The van der Waals surface area contributed by atoms with Crippen molar-refractivity contribution in [2.75, 3.05) is 42.7 Å². The normalized spacial score (nSPS) is 24.4. The van der Waals surface area contributed by atoms with E-state index in [1.165, 1.54) is 9.30 Å². The van der Waals surface area contributed by atoms with Crippen LogP contribution in [-0.2, 0) is 19.4 Å². The smallest absolute Gasteiger partial charge is 0.267 e. The van der Waals surface area contributed by atoms with Gasteiger partial charge in [-0.05, 0) is 31.1 Å². The Morgan fingerprint density at radius 1 is 1.27 bits per heavy atom. The number of rotatable bonds is 3. The number of hydrogen-bond acceptors (Lipinski definition) is 9. The number of fused-ring (bicyclic) bond motifs is 1. The molecule has 12 heteroatoms. The Morgan fingerprint density at radius 2 is 2.03 bits per heavy atom. The minimum atomic E-state index is -3.18. The number of pyridine rings is 1. The molecule has 3 fully saturated rings. The van der Waals surface area contributed by atoms with Crippen LogP contribution in [0.3, 0.4) is 0 Å². The van der Waals surface area contributed by atoms with Crippen molar-refractivity contribution >= 4 is 61.6 Å². The third-order valence-electron chi connectivity index (χ3n) is 6.05. The third-order valence-corrected chi connectivity index (χ3v) is 9.13. The number of morpholine rings is 1. The number of aryl methyl sites for hydroxylation is 1. The number of ether oxygens (including phenoxy) is 1. The molecule has 5 heterocycles. The Morgan fingerprint density at radius 3 is 2.73 bits per heavy atom. The number of aromatic nitrogens is 2. The molecule has 0 saturated carbocycles. The van der Waals surface area contributed by atoms with Gasteiger partial charge in [0.15, 0.2) is 9.84 Å². The van der Waals surface area contributed by atoms with Crippen molar-refractivity contribution in [1.29, 1.82) is 0 Å². The molecule has 0 radical (unpaired) electrons. The van der Waals surface area contributed by atoms with Gasteiger partial charge in [-0.25, -0.2) is 13.4 Å². The fourth-order valence-electron chi connectivity index (χ4n) is 4.35. The van der Waals surface area contributed by atoms with E-state index >= 15 is 0 Å². The molecule has 3 aliphatic heterocycles. The van der Waals surface area contributed by atoms with Crippen LogP contribution in [0, 0.1) is 6.92 Å². The average molecular weight is 507 g/mol. The SMILES string of the molecule is Cc1cccn2c(=O)c(/C=C3/SC(=S)N(C4CCS(=O)(=O)C4)C3=O)c(N3CCOCC3)nc12. The molecule has 3 aliphatic rings. The topological polar surface area (TPSA) is 101 Å². The second kappa shape index (κ2) is 8.49. The maximum absolute atomic E-state index is 13.5. The van der Waals surface area contributed by atoms with E-state index in [0.29, 0.717) is 59.0 Å². The van der Waals surface area contributed by atoms with Crippen LogP contribution in [0.25, 0.3) is 11.7 Å². The van der Waals surface area contributed by atoms with Crippen molar-refractivity contribution in [1.82, 2.24) is 14.3 Å². The number of amides is 1. The summed E-state index contributed by atoms with van der Waals surface area (Å²) in [6.07, 6.45) is 3.57. The number of hydrogen-bond donors (Lipinski definition) is 0. The molecule has 0 N–H and O–H groups in total. The third kappa shape index (κ3) is 4.09. The van der Waals surface area contributed by atoms with E-state index in [2.05, 4.69) is 0 Å².